The molecule has 1 heterocycles. The van der Waals surface area contributed by atoms with Gasteiger partial charge in [-0.15, -0.1) is 0 Å². The van der Waals surface area contributed by atoms with E-state index in [-0.39, 0.29) is 18.7 Å². The summed E-state index contributed by atoms with van der Waals surface area (Å²) in [5.41, 5.74) is 1.03. The van der Waals surface area contributed by atoms with E-state index in [0.717, 1.165) is 0 Å². The Morgan fingerprint density at radius 2 is 1.89 bits per heavy atom. The van der Waals surface area contributed by atoms with E-state index < -0.39 is 35.2 Å². The summed E-state index contributed by atoms with van der Waals surface area (Å²) < 4.78 is 26.2. The molecule has 2 aromatic carbocycles. The molecule has 0 saturated carbocycles. The molecule has 1 aromatic heterocycles. The van der Waals surface area contributed by atoms with Gasteiger partial charge in [-0.3, -0.25) is 9.59 Å². The number of hydrogen-bond donors (Lipinski definition) is 3. The summed E-state index contributed by atoms with van der Waals surface area (Å²) in [6.07, 6.45) is -0.292. The number of carbonyl (C=O) groups excluding carboxylic acids is 2. The van der Waals surface area contributed by atoms with Crippen LogP contribution in [0, 0.1) is 12.7 Å². The topological polar surface area (TPSA) is 119 Å². The Labute approximate surface area is 207 Å². The number of nitrogens with one attached hydrogen (secondary N) is 2. The Balaban J connectivity index is 1.95. The summed E-state index contributed by atoms with van der Waals surface area (Å²) in [4.78, 5) is 37.6. The molecule has 0 fully saturated rings. The van der Waals surface area contributed by atoms with Gasteiger partial charge in [0.2, 0.25) is 0 Å². The van der Waals surface area contributed by atoms with Crippen LogP contribution in [0.15, 0.2) is 53.3 Å². The van der Waals surface area contributed by atoms with Gasteiger partial charge in [0, 0.05) is 18.8 Å². The van der Waals surface area contributed by atoms with Crippen LogP contribution in [0.5, 0.6) is 11.5 Å². The van der Waals surface area contributed by atoms with E-state index in [2.05, 4.69) is 10.6 Å². The van der Waals surface area contributed by atoms with E-state index in [0.29, 0.717) is 28.1 Å². The molecule has 0 bridgehead atoms. The fraction of sp³-hybridized carbons (Fsp3) is 0.269. The highest BCUT2D eigenvalue weighted by Gasteiger charge is 2.22. The van der Waals surface area contributed by atoms with Crippen LogP contribution >= 0.6 is 0 Å². The maximum absolute atomic E-state index is 14.7. The van der Waals surface area contributed by atoms with Gasteiger partial charge in [0.1, 0.15) is 17.3 Å². The molecular weight excluding hydrogens is 469 g/mol. The largest absolute Gasteiger partial charge is 0.505 e. The third kappa shape index (κ3) is 6.21. The second-order valence-corrected chi connectivity index (χ2v) is 8.08. The van der Waals surface area contributed by atoms with Crippen molar-refractivity contribution in [3.63, 3.8) is 0 Å². The number of amides is 2. The molecular formula is C26H28FN3O6. The first kappa shape index (κ1) is 26.3. The van der Waals surface area contributed by atoms with E-state index in [1.165, 1.54) is 36.9 Å². The monoisotopic (exact) mass is 497 g/mol. The molecule has 1 atom stereocenters. The number of hydrogen-bond acceptors (Lipinski definition) is 6. The Morgan fingerprint density at radius 3 is 2.58 bits per heavy atom. The summed E-state index contributed by atoms with van der Waals surface area (Å²) in [7, 11) is 3.02. The van der Waals surface area contributed by atoms with Crippen molar-refractivity contribution in [2.75, 3.05) is 19.0 Å². The highest BCUT2D eigenvalue weighted by molar-refractivity contribution is 5.91. The molecule has 2 amide bonds. The molecule has 3 aromatic rings. The van der Waals surface area contributed by atoms with Crippen molar-refractivity contribution >= 4 is 17.7 Å². The van der Waals surface area contributed by atoms with Crippen molar-refractivity contribution in [3.05, 3.63) is 76.0 Å². The van der Waals surface area contributed by atoms with E-state index >= 15 is 0 Å². The number of aryl methyl sites for hydroxylation is 1. The van der Waals surface area contributed by atoms with Crippen LogP contribution in [0.2, 0.25) is 0 Å². The summed E-state index contributed by atoms with van der Waals surface area (Å²) in [6, 6.07) is 10.7. The molecule has 0 aliphatic carbocycles. The highest BCUT2D eigenvalue weighted by atomic mass is 19.1. The van der Waals surface area contributed by atoms with Crippen LogP contribution in [0.3, 0.4) is 0 Å². The molecule has 0 aliphatic heterocycles. The first-order valence-electron chi connectivity index (χ1n) is 11.2. The van der Waals surface area contributed by atoms with Crippen LogP contribution in [0.25, 0.3) is 11.1 Å². The number of rotatable bonds is 8. The maximum atomic E-state index is 14.7. The van der Waals surface area contributed by atoms with Crippen molar-refractivity contribution in [2.24, 2.45) is 7.05 Å². The first-order valence-corrected chi connectivity index (χ1v) is 11.2. The number of aromatic nitrogens is 1. The summed E-state index contributed by atoms with van der Waals surface area (Å²) >= 11 is 0. The molecule has 10 heteroatoms. The number of aromatic hydroxyl groups is 1. The summed E-state index contributed by atoms with van der Waals surface area (Å²) in [6.45, 7) is 3.40. The molecule has 0 unspecified atom stereocenters. The predicted octanol–water partition coefficient (Wildman–Crippen LogP) is 4.03. The number of ether oxygens (including phenoxy) is 2. The van der Waals surface area contributed by atoms with Gasteiger partial charge in [-0.05, 0) is 60.9 Å². The number of methoxy groups -OCH3 is 1. The molecule has 0 saturated heterocycles. The van der Waals surface area contributed by atoms with Crippen LogP contribution in [0.4, 0.5) is 14.9 Å². The van der Waals surface area contributed by atoms with Crippen LogP contribution < -0.4 is 20.9 Å². The quantitative estimate of drug-likeness (QED) is 0.405. The predicted molar refractivity (Wildman–Crippen MR) is 133 cm³/mol. The van der Waals surface area contributed by atoms with E-state index in [4.69, 9.17) is 9.47 Å². The lowest BCUT2D eigenvalue weighted by molar-refractivity contribution is -0.143. The van der Waals surface area contributed by atoms with Crippen molar-refractivity contribution in [1.29, 1.82) is 0 Å². The van der Waals surface area contributed by atoms with Crippen LogP contribution in [-0.4, -0.2) is 35.4 Å². The van der Waals surface area contributed by atoms with Crippen molar-refractivity contribution < 1.29 is 28.6 Å². The number of nitrogens with zero attached hydrogens (tertiary/aromatic N) is 1. The molecule has 0 aliphatic rings. The highest BCUT2D eigenvalue weighted by Crippen LogP contribution is 2.29. The van der Waals surface area contributed by atoms with Gasteiger partial charge in [-0.2, -0.15) is 0 Å². The third-order valence-electron chi connectivity index (χ3n) is 5.59. The number of pyridine rings is 1. The Hall–Kier alpha value is -4.34. The van der Waals surface area contributed by atoms with Crippen molar-refractivity contribution in [2.45, 2.75) is 26.3 Å². The number of anilines is 1. The number of carbonyl (C=O) groups is 2. The zero-order valence-corrected chi connectivity index (χ0v) is 20.4. The zero-order chi connectivity index (χ0) is 26.4. The van der Waals surface area contributed by atoms with Gasteiger partial charge in [0.25, 0.3) is 5.56 Å². The first-order chi connectivity index (χ1) is 17.1. The van der Waals surface area contributed by atoms with Crippen molar-refractivity contribution in [3.8, 4) is 22.6 Å². The maximum Gasteiger partial charge on any atom is 0.319 e. The van der Waals surface area contributed by atoms with Gasteiger partial charge in [0.05, 0.1) is 26.2 Å². The SMILES string of the molecule is CCOC(=O)C[C@H](NC(=O)Nc1c(O)cc(C)n(C)c1=O)c1cc(F)cc(-c2cccc(OC)c2)c1. The Bertz CT molecular complexity index is 1340. The fourth-order valence-corrected chi connectivity index (χ4v) is 3.65. The third-order valence-corrected chi connectivity index (χ3v) is 5.59. The normalized spacial score (nSPS) is 11.5. The van der Waals surface area contributed by atoms with Crippen LogP contribution in [-0.2, 0) is 16.6 Å². The molecule has 3 rings (SSSR count). The molecule has 0 radical (unpaired) electrons. The number of benzene rings is 2. The standard InChI is InChI=1S/C26H28FN3O6/c1-5-36-23(32)14-21(28-26(34)29-24-22(31)9-15(2)30(3)25(24)33)18-10-17(11-19(27)12-18)16-7-6-8-20(13-16)35-4/h6-13,21,31H,5,14H2,1-4H3,(H2,28,29,34)/t21-/m0/s1. The lowest BCUT2D eigenvalue weighted by Crippen LogP contribution is -2.36. The Kier molecular flexibility index (Phi) is 8.31. The minimum absolute atomic E-state index is 0.128. The number of esters is 1. The van der Waals surface area contributed by atoms with E-state index in [9.17, 15) is 23.9 Å². The Morgan fingerprint density at radius 1 is 1.14 bits per heavy atom. The van der Waals surface area contributed by atoms with Crippen LogP contribution in [0.1, 0.15) is 30.6 Å². The molecule has 3 N–H and O–H groups in total. The minimum atomic E-state index is -0.999. The molecule has 9 nitrogen and oxygen atoms in total. The van der Waals surface area contributed by atoms with Gasteiger partial charge in [-0.25, -0.2) is 9.18 Å². The molecule has 36 heavy (non-hydrogen) atoms. The second-order valence-electron chi connectivity index (χ2n) is 8.08. The lowest BCUT2D eigenvalue weighted by Gasteiger charge is -2.20. The van der Waals surface area contributed by atoms with Gasteiger partial charge in [-0.1, -0.05) is 12.1 Å². The van der Waals surface area contributed by atoms with Gasteiger partial charge in [0.15, 0.2) is 5.69 Å². The minimum Gasteiger partial charge on any atom is -0.505 e. The fourth-order valence-electron chi connectivity index (χ4n) is 3.65. The molecule has 190 valence electrons. The summed E-state index contributed by atoms with van der Waals surface area (Å²) in [5.74, 6) is -1.01. The average molecular weight is 498 g/mol. The van der Waals surface area contributed by atoms with E-state index in [1.807, 2.05) is 0 Å². The average Bonchev–Trinajstić information content (AvgIpc) is 2.84. The number of halogens is 1. The number of urea groups is 1. The second kappa shape index (κ2) is 11.4. The molecule has 0 spiro atoms. The van der Waals surface area contributed by atoms with Crippen molar-refractivity contribution in [1.82, 2.24) is 9.88 Å². The zero-order valence-electron chi connectivity index (χ0n) is 20.4. The summed E-state index contributed by atoms with van der Waals surface area (Å²) in [5, 5.41) is 15.1. The smallest absolute Gasteiger partial charge is 0.319 e. The lowest BCUT2D eigenvalue weighted by atomic mass is 9.97. The van der Waals surface area contributed by atoms with Gasteiger partial charge < -0.3 is 29.8 Å². The van der Waals surface area contributed by atoms with Gasteiger partial charge >= 0.3 is 12.0 Å². The van der Waals surface area contributed by atoms with E-state index in [1.54, 1.807) is 44.2 Å².